The summed E-state index contributed by atoms with van der Waals surface area (Å²) in [6.45, 7) is 0.0250. The van der Waals surface area contributed by atoms with Crippen LogP contribution in [-0.2, 0) is 0 Å². The molecule has 4 aliphatic heterocycles. The first-order valence-electron chi connectivity index (χ1n) is 12.5. The van der Waals surface area contributed by atoms with E-state index in [0.29, 0.717) is 0 Å². The predicted molar refractivity (Wildman–Crippen MR) is 141 cm³/mol. The van der Waals surface area contributed by atoms with Crippen LogP contribution in [0.15, 0.2) is 102 Å². The summed E-state index contributed by atoms with van der Waals surface area (Å²) >= 11 is 0. The molecule has 4 aromatic rings. The molecule has 4 heterocycles. The molecule has 0 N–H and O–H groups in total. The Morgan fingerprint density at radius 3 is 2.08 bits per heavy atom. The van der Waals surface area contributed by atoms with E-state index in [1.165, 1.54) is 0 Å². The quantitative estimate of drug-likeness (QED) is 0.324. The standard InChI is InChI=1S/C30H18B2O4/c1-3-9-20-17(7-1)31-19-15-16-26-29(30(19)36-25-14-6-11-22(33-20)27(25)31)32-18-8-2-4-10-21(18)34-23-12-5-13-24(35-26)28(23)32/h1-4,6-11,13-16H,5,12H2. The maximum atomic E-state index is 6.78. The van der Waals surface area contributed by atoms with E-state index in [-0.39, 0.29) is 13.4 Å². The Labute approximate surface area is 208 Å². The van der Waals surface area contributed by atoms with Crippen molar-refractivity contribution in [1.29, 1.82) is 0 Å². The Morgan fingerprint density at radius 1 is 0.528 bits per heavy atom. The van der Waals surface area contributed by atoms with E-state index in [1.807, 2.05) is 36.4 Å². The minimum absolute atomic E-state index is 0.00461. The van der Waals surface area contributed by atoms with Crippen LogP contribution in [0.1, 0.15) is 12.8 Å². The van der Waals surface area contributed by atoms with Gasteiger partial charge < -0.3 is 18.9 Å². The van der Waals surface area contributed by atoms with Crippen molar-refractivity contribution in [3.8, 4) is 34.5 Å². The Morgan fingerprint density at radius 2 is 1.22 bits per heavy atom. The molecule has 0 radical (unpaired) electrons. The van der Waals surface area contributed by atoms with Crippen LogP contribution in [0.25, 0.3) is 0 Å². The molecule has 0 fully saturated rings. The number of para-hydroxylation sites is 2. The van der Waals surface area contributed by atoms with Crippen LogP contribution in [0.5, 0.6) is 34.5 Å². The lowest BCUT2D eigenvalue weighted by atomic mass is 9.30. The molecule has 0 bridgehead atoms. The van der Waals surface area contributed by atoms with Crippen LogP contribution in [0.4, 0.5) is 0 Å². The number of hydrogen-bond acceptors (Lipinski definition) is 4. The topological polar surface area (TPSA) is 36.9 Å². The summed E-state index contributed by atoms with van der Waals surface area (Å²) in [5.41, 5.74) is 6.75. The van der Waals surface area contributed by atoms with Gasteiger partial charge in [0.1, 0.15) is 46.0 Å². The summed E-state index contributed by atoms with van der Waals surface area (Å²) in [5.74, 6) is 7.18. The van der Waals surface area contributed by atoms with E-state index in [9.17, 15) is 0 Å². The summed E-state index contributed by atoms with van der Waals surface area (Å²) in [5, 5.41) is 0. The van der Waals surface area contributed by atoms with Gasteiger partial charge in [-0.1, -0.05) is 48.5 Å². The van der Waals surface area contributed by atoms with Crippen LogP contribution in [-0.4, -0.2) is 13.4 Å². The second-order valence-electron chi connectivity index (χ2n) is 9.86. The third-order valence-corrected chi connectivity index (χ3v) is 8.00. The lowest BCUT2D eigenvalue weighted by molar-refractivity contribution is 0.371. The van der Waals surface area contributed by atoms with E-state index in [4.69, 9.17) is 18.9 Å². The van der Waals surface area contributed by atoms with E-state index >= 15 is 0 Å². The van der Waals surface area contributed by atoms with Gasteiger partial charge in [-0.05, 0) is 59.2 Å². The minimum Gasteiger partial charge on any atom is -0.463 e. The van der Waals surface area contributed by atoms with Gasteiger partial charge in [0.25, 0.3) is 13.4 Å². The second-order valence-corrected chi connectivity index (χ2v) is 9.86. The fourth-order valence-electron chi connectivity index (χ4n) is 6.55. The molecule has 1 aliphatic carbocycles. The van der Waals surface area contributed by atoms with Gasteiger partial charge in [-0.2, -0.15) is 0 Å². The van der Waals surface area contributed by atoms with Gasteiger partial charge in [0.05, 0.1) is 0 Å². The third kappa shape index (κ3) is 2.32. The number of ether oxygens (including phenoxy) is 4. The Bertz CT molecular complexity index is 1720. The molecule has 0 saturated carbocycles. The number of hydrogen-bond donors (Lipinski definition) is 0. The monoisotopic (exact) mass is 464 g/mol. The van der Waals surface area contributed by atoms with Gasteiger partial charge >= 0.3 is 0 Å². The second kappa shape index (κ2) is 6.67. The van der Waals surface area contributed by atoms with Crippen molar-refractivity contribution < 1.29 is 18.9 Å². The SMILES string of the molecule is C1=C2Oc3ccc4c(c3B3C2=C(CC1)Oc1ccccc13)Oc1cccc2c1B4c1ccccc1O2. The average Bonchev–Trinajstić information content (AvgIpc) is 2.92. The van der Waals surface area contributed by atoms with Crippen molar-refractivity contribution >= 4 is 40.7 Å². The van der Waals surface area contributed by atoms with Crippen molar-refractivity contribution in [2.24, 2.45) is 0 Å². The first kappa shape index (κ1) is 18.9. The first-order valence-corrected chi connectivity index (χ1v) is 12.5. The molecule has 9 rings (SSSR count). The fourth-order valence-corrected chi connectivity index (χ4v) is 6.55. The van der Waals surface area contributed by atoms with Gasteiger partial charge in [-0.15, -0.1) is 0 Å². The zero-order valence-electron chi connectivity index (χ0n) is 19.3. The van der Waals surface area contributed by atoms with Gasteiger partial charge in [-0.25, -0.2) is 0 Å². The summed E-state index contributed by atoms with van der Waals surface area (Å²) in [6, 6.07) is 27.0. The van der Waals surface area contributed by atoms with Gasteiger partial charge in [-0.3, -0.25) is 0 Å². The van der Waals surface area contributed by atoms with Gasteiger partial charge in [0.2, 0.25) is 0 Å². The smallest absolute Gasteiger partial charge is 0.265 e. The molecule has 4 nitrogen and oxygen atoms in total. The molecular formula is C30H18B2O4. The zero-order valence-corrected chi connectivity index (χ0v) is 19.3. The molecule has 5 aliphatic rings. The molecule has 0 atom stereocenters. The highest BCUT2D eigenvalue weighted by Crippen LogP contribution is 2.42. The van der Waals surface area contributed by atoms with E-state index in [0.717, 1.165) is 91.6 Å². The molecular weight excluding hydrogens is 446 g/mol. The Hall–Kier alpha value is -4.31. The predicted octanol–water partition coefficient (Wildman–Crippen LogP) is 3.28. The van der Waals surface area contributed by atoms with Crippen molar-refractivity contribution in [2.45, 2.75) is 12.8 Å². The molecule has 0 spiro atoms. The summed E-state index contributed by atoms with van der Waals surface area (Å²) < 4.78 is 26.0. The number of fused-ring (bicyclic) bond motifs is 9. The maximum Gasteiger partial charge on any atom is 0.265 e. The minimum atomic E-state index is -0.00461. The highest BCUT2D eigenvalue weighted by Gasteiger charge is 2.48. The van der Waals surface area contributed by atoms with Crippen LogP contribution in [0.2, 0.25) is 0 Å². The van der Waals surface area contributed by atoms with Gasteiger partial charge in [0.15, 0.2) is 0 Å². The molecule has 0 aromatic heterocycles. The Kier molecular flexibility index (Phi) is 3.51. The van der Waals surface area contributed by atoms with Crippen molar-refractivity contribution in [2.75, 3.05) is 0 Å². The van der Waals surface area contributed by atoms with Crippen molar-refractivity contribution in [1.82, 2.24) is 0 Å². The highest BCUT2D eigenvalue weighted by atomic mass is 16.5. The largest absolute Gasteiger partial charge is 0.463 e. The summed E-state index contributed by atoms with van der Waals surface area (Å²) in [6.07, 6.45) is 3.98. The lowest BCUT2D eigenvalue weighted by Crippen LogP contribution is -2.60. The van der Waals surface area contributed by atoms with E-state index < -0.39 is 0 Å². The Balaban J connectivity index is 1.36. The van der Waals surface area contributed by atoms with Crippen molar-refractivity contribution in [3.05, 3.63) is 102 Å². The number of allylic oxidation sites excluding steroid dienone is 3. The third-order valence-electron chi connectivity index (χ3n) is 8.00. The number of rotatable bonds is 0. The molecule has 0 amide bonds. The molecule has 0 unspecified atom stereocenters. The lowest BCUT2D eigenvalue weighted by Gasteiger charge is -2.39. The molecule has 0 saturated heterocycles. The normalized spacial score (nSPS) is 16.9. The average molecular weight is 464 g/mol. The van der Waals surface area contributed by atoms with Gasteiger partial charge in [0, 0.05) is 22.8 Å². The number of benzene rings is 4. The fraction of sp³-hybridized carbons (Fsp3) is 0.0667. The summed E-state index contributed by atoms with van der Waals surface area (Å²) in [7, 11) is 0. The summed E-state index contributed by atoms with van der Waals surface area (Å²) in [4.78, 5) is 0. The van der Waals surface area contributed by atoms with E-state index in [2.05, 4.69) is 48.5 Å². The highest BCUT2D eigenvalue weighted by molar-refractivity contribution is 7.00. The molecule has 36 heavy (non-hydrogen) atoms. The van der Waals surface area contributed by atoms with Crippen molar-refractivity contribution in [3.63, 3.8) is 0 Å². The van der Waals surface area contributed by atoms with E-state index in [1.54, 1.807) is 0 Å². The first-order chi connectivity index (χ1) is 17.8. The van der Waals surface area contributed by atoms with Crippen LogP contribution >= 0.6 is 0 Å². The molecule has 168 valence electrons. The molecule has 4 aromatic carbocycles. The zero-order chi connectivity index (χ0) is 23.4. The van der Waals surface area contributed by atoms with Crippen LogP contribution in [0.3, 0.4) is 0 Å². The maximum absolute atomic E-state index is 6.78. The molecule has 6 heteroatoms. The van der Waals surface area contributed by atoms with Crippen LogP contribution in [0, 0.1) is 0 Å². The van der Waals surface area contributed by atoms with Crippen LogP contribution < -0.4 is 46.3 Å².